The Morgan fingerprint density at radius 3 is 2.50 bits per heavy atom. The summed E-state index contributed by atoms with van der Waals surface area (Å²) in [6.07, 6.45) is 4.83. The normalized spacial score (nSPS) is 23.1. The van der Waals surface area contributed by atoms with E-state index in [2.05, 4.69) is 27.8 Å². The maximum atomic E-state index is 13.6. The number of pyridine rings is 1. The third-order valence-electron chi connectivity index (χ3n) is 5.94. The van der Waals surface area contributed by atoms with Crippen LogP contribution >= 0.6 is 0 Å². The molecule has 2 saturated heterocycles. The van der Waals surface area contributed by atoms with E-state index in [0.717, 1.165) is 38.0 Å². The van der Waals surface area contributed by atoms with Crippen LogP contribution in [0.3, 0.4) is 0 Å². The number of urea groups is 1. The SMILES string of the molecule is O=C1N[C@@](CCc2ccccc2)(C2CCNCC2)C(=O)N1Cc1ccccn1. The van der Waals surface area contributed by atoms with Crippen molar-refractivity contribution in [2.75, 3.05) is 13.1 Å². The monoisotopic (exact) mass is 378 g/mol. The largest absolute Gasteiger partial charge is 0.325 e. The lowest BCUT2D eigenvalue weighted by Gasteiger charge is -2.38. The molecule has 0 bridgehead atoms. The molecule has 0 aliphatic carbocycles. The third kappa shape index (κ3) is 3.64. The lowest BCUT2D eigenvalue weighted by molar-refractivity contribution is -0.134. The van der Waals surface area contributed by atoms with Gasteiger partial charge in [0.25, 0.3) is 5.91 Å². The third-order valence-corrected chi connectivity index (χ3v) is 5.94. The van der Waals surface area contributed by atoms with E-state index in [1.165, 1.54) is 10.5 Å². The number of hydrogen-bond acceptors (Lipinski definition) is 4. The molecule has 6 heteroatoms. The van der Waals surface area contributed by atoms with Crippen molar-refractivity contribution in [3.63, 3.8) is 0 Å². The van der Waals surface area contributed by atoms with Crippen LogP contribution in [0.15, 0.2) is 54.7 Å². The van der Waals surface area contributed by atoms with Crippen molar-refractivity contribution in [1.82, 2.24) is 20.5 Å². The molecule has 3 amide bonds. The van der Waals surface area contributed by atoms with E-state index >= 15 is 0 Å². The Morgan fingerprint density at radius 1 is 1.04 bits per heavy atom. The Balaban J connectivity index is 1.59. The van der Waals surface area contributed by atoms with E-state index in [4.69, 9.17) is 0 Å². The summed E-state index contributed by atoms with van der Waals surface area (Å²) in [5.74, 6) is 0.0358. The van der Waals surface area contributed by atoms with E-state index in [-0.39, 0.29) is 24.4 Å². The first-order valence-corrected chi connectivity index (χ1v) is 9.98. The minimum atomic E-state index is -0.830. The second-order valence-electron chi connectivity index (χ2n) is 7.62. The van der Waals surface area contributed by atoms with Crippen LogP contribution in [0.25, 0.3) is 0 Å². The molecule has 2 N–H and O–H groups in total. The van der Waals surface area contributed by atoms with Crippen molar-refractivity contribution in [3.05, 3.63) is 66.0 Å². The van der Waals surface area contributed by atoms with Crippen LogP contribution in [-0.2, 0) is 17.8 Å². The molecule has 4 rings (SSSR count). The number of benzene rings is 1. The van der Waals surface area contributed by atoms with Crippen LogP contribution in [0, 0.1) is 5.92 Å². The van der Waals surface area contributed by atoms with E-state index in [1.54, 1.807) is 6.20 Å². The van der Waals surface area contributed by atoms with Gasteiger partial charge in [-0.3, -0.25) is 14.7 Å². The molecule has 1 aromatic heterocycles. The quantitative estimate of drug-likeness (QED) is 0.758. The van der Waals surface area contributed by atoms with Gasteiger partial charge < -0.3 is 10.6 Å². The van der Waals surface area contributed by atoms with Crippen LogP contribution in [0.5, 0.6) is 0 Å². The number of nitrogens with zero attached hydrogens (tertiary/aromatic N) is 2. The van der Waals surface area contributed by atoms with E-state index in [1.807, 2.05) is 36.4 Å². The Kier molecular flexibility index (Phi) is 5.39. The average molecular weight is 378 g/mol. The summed E-state index contributed by atoms with van der Waals surface area (Å²) in [7, 11) is 0. The summed E-state index contributed by atoms with van der Waals surface area (Å²) in [5.41, 5.74) is 1.07. The fourth-order valence-corrected chi connectivity index (χ4v) is 4.39. The molecule has 2 fully saturated rings. The van der Waals surface area contributed by atoms with Crippen LogP contribution in [0.4, 0.5) is 4.79 Å². The molecule has 28 heavy (non-hydrogen) atoms. The summed E-state index contributed by atoms with van der Waals surface area (Å²) >= 11 is 0. The summed E-state index contributed by atoms with van der Waals surface area (Å²) in [6, 6.07) is 15.4. The molecular weight excluding hydrogens is 352 g/mol. The number of hydrogen-bond donors (Lipinski definition) is 2. The van der Waals surface area contributed by atoms with Gasteiger partial charge in [-0.15, -0.1) is 0 Å². The molecule has 6 nitrogen and oxygen atoms in total. The fourth-order valence-electron chi connectivity index (χ4n) is 4.39. The highest BCUT2D eigenvalue weighted by molar-refractivity contribution is 6.07. The Bertz CT molecular complexity index is 821. The van der Waals surface area contributed by atoms with Gasteiger partial charge in [-0.2, -0.15) is 0 Å². The highest BCUT2D eigenvalue weighted by Gasteiger charge is 2.55. The highest BCUT2D eigenvalue weighted by Crippen LogP contribution is 2.36. The molecule has 2 aliphatic rings. The Labute approximate surface area is 165 Å². The summed E-state index contributed by atoms with van der Waals surface area (Å²) in [5, 5.41) is 6.47. The van der Waals surface area contributed by atoms with Crippen LogP contribution in [-0.4, -0.2) is 40.5 Å². The number of imide groups is 1. The van der Waals surface area contributed by atoms with Crippen molar-refractivity contribution in [1.29, 1.82) is 0 Å². The number of amides is 3. The summed E-state index contributed by atoms with van der Waals surface area (Å²) in [6.45, 7) is 1.96. The highest BCUT2D eigenvalue weighted by atomic mass is 16.2. The zero-order chi connectivity index (χ0) is 19.4. The maximum absolute atomic E-state index is 13.6. The number of rotatable bonds is 6. The molecule has 2 aromatic rings. The molecule has 2 aliphatic heterocycles. The number of piperidine rings is 1. The molecule has 0 radical (unpaired) electrons. The van der Waals surface area contributed by atoms with Crippen molar-refractivity contribution in [2.45, 2.75) is 37.8 Å². The van der Waals surface area contributed by atoms with Crippen LogP contribution in [0.2, 0.25) is 0 Å². The Morgan fingerprint density at radius 2 is 1.79 bits per heavy atom. The molecule has 0 spiro atoms. The van der Waals surface area contributed by atoms with Gasteiger partial charge >= 0.3 is 6.03 Å². The predicted octanol–water partition coefficient (Wildman–Crippen LogP) is 2.50. The Hall–Kier alpha value is -2.73. The number of carbonyl (C=O) groups excluding carboxylic acids is 2. The van der Waals surface area contributed by atoms with E-state index < -0.39 is 5.54 Å². The fraction of sp³-hybridized carbons (Fsp3) is 0.409. The first-order valence-electron chi connectivity index (χ1n) is 9.98. The second kappa shape index (κ2) is 8.10. The van der Waals surface area contributed by atoms with Crippen molar-refractivity contribution in [3.8, 4) is 0 Å². The van der Waals surface area contributed by atoms with E-state index in [0.29, 0.717) is 6.42 Å². The number of aryl methyl sites for hydroxylation is 1. The van der Waals surface area contributed by atoms with Gasteiger partial charge in [-0.1, -0.05) is 36.4 Å². The molecule has 146 valence electrons. The van der Waals surface area contributed by atoms with Crippen molar-refractivity contribution >= 4 is 11.9 Å². The van der Waals surface area contributed by atoms with Gasteiger partial charge in [-0.05, 0) is 62.4 Å². The van der Waals surface area contributed by atoms with Crippen LogP contribution in [0.1, 0.15) is 30.5 Å². The van der Waals surface area contributed by atoms with Crippen molar-refractivity contribution in [2.24, 2.45) is 5.92 Å². The van der Waals surface area contributed by atoms with Gasteiger partial charge in [0.05, 0.1) is 12.2 Å². The van der Waals surface area contributed by atoms with Crippen molar-refractivity contribution < 1.29 is 9.59 Å². The smallest absolute Gasteiger partial charge is 0.323 e. The lowest BCUT2D eigenvalue weighted by Crippen LogP contribution is -2.56. The number of carbonyl (C=O) groups is 2. The predicted molar refractivity (Wildman–Crippen MR) is 106 cm³/mol. The van der Waals surface area contributed by atoms with Gasteiger partial charge in [0, 0.05) is 6.20 Å². The molecular formula is C22H26N4O2. The number of aromatic nitrogens is 1. The van der Waals surface area contributed by atoms with Gasteiger partial charge in [0.2, 0.25) is 0 Å². The minimum Gasteiger partial charge on any atom is -0.323 e. The maximum Gasteiger partial charge on any atom is 0.325 e. The average Bonchev–Trinajstić information content (AvgIpc) is 2.99. The van der Waals surface area contributed by atoms with E-state index in [9.17, 15) is 9.59 Å². The number of nitrogens with one attached hydrogen (secondary N) is 2. The lowest BCUT2D eigenvalue weighted by atomic mass is 9.74. The zero-order valence-corrected chi connectivity index (χ0v) is 15.9. The van der Waals surface area contributed by atoms with Gasteiger partial charge in [-0.25, -0.2) is 4.79 Å². The molecule has 0 saturated carbocycles. The molecule has 1 aromatic carbocycles. The standard InChI is InChI=1S/C22H26N4O2/c27-20-22(18-10-14-23-15-11-18,12-9-17-6-2-1-3-7-17)25-21(28)26(20)16-19-8-4-5-13-24-19/h1-8,13,18,23H,9-12,14-16H2,(H,25,28)/t22-/m0/s1. The van der Waals surface area contributed by atoms with Gasteiger partial charge in [0.1, 0.15) is 5.54 Å². The second-order valence-corrected chi connectivity index (χ2v) is 7.62. The zero-order valence-electron chi connectivity index (χ0n) is 15.9. The topological polar surface area (TPSA) is 74.3 Å². The summed E-state index contributed by atoms with van der Waals surface area (Å²) < 4.78 is 0. The molecule has 0 unspecified atom stereocenters. The first kappa shape index (κ1) is 18.6. The molecule has 3 heterocycles. The van der Waals surface area contributed by atoms with Gasteiger partial charge in [0.15, 0.2) is 0 Å². The minimum absolute atomic E-state index is 0.106. The molecule has 1 atom stereocenters. The summed E-state index contributed by atoms with van der Waals surface area (Å²) in [4.78, 5) is 32.0. The van der Waals surface area contributed by atoms with Crippen LogP contribution < -0.4 is 10.6 Å². The first-order chi connectivity index (χ1) is 13.7.